The van der Waals surface area contributed by atoms with Gasteiger partial charge in [-0.05, 0) is 24.1 Å². The van der Waals surface area contributed by atoms with E-state index in [-0.39, 0.29) is 5.75 Å². The first-order valence-electron chi connectivity index (χ1n) is 6.41. The summed E-state index contributed by atoms with van der Waals surface area (Å²) in [5.41, 5.74) is 1.74. The highest BCUT2D eigenvalue weighted by Crippen LogP contribution is 2.29. The molecule has 0 aliphatic heterocycles. The molecule has 0 spiro atoms. The quantitative estimate of drug-likeness (QED) is 0.814. The molecule has 0 saturated carbocycles. The third-order valence-corrected chi connectivity index (χ3v) is 4.30. The first kappa shape index (κ1) is 15.8. The highest BCUT2D eigenvalue weighted by molar-refractivity contribution is 7.83. The first-order valence-corrected chi connectivity index (χ1v) is 7.90. The molecule has 112 valence electrons. The van der Waals surface area contributed by atoms with Gasteiger partial charge in [-0.2, -0.15) is 13.2 Å². The molecule has 0 saturated heterocycles. The Labute approximate surface area is 124 Å². The third-order valence-electron chi connectivity index (χ3n) is 2.99. The zero-order valence-corrected chi connectivity index (χ0v) is 12.3. The Morgan fingerprint density at radius 2 is 1.52 bits per heavy atom. The largest absolute Gasteiger partial charge is 0.416 e. The van der Waals surface area contributed by atoms with Crippen LogP contribution in [-0.4, -0.2) is 4.21 Å². The van der Waals surface area contributed by atoms with Crippen molar-refractivity contribution >= 4 is 10.8 Å². The van der Waals surface area contributed by atoms with Crippen molar-refractivity contribution in [2.24, 2.45) is 0 Å². The van der Waals surface area contributed by atoms with Crippen LogP contribution in [-0.2, 0) is 28.5 Å². The summed E-state index contributed by atoms with van der Waals surface area (Å²) in [6.07, 6.45) is -4.37. The molecule has 2 aromatic carbocycles. The summed E-state index contributed by atoms with van der Waals surface area (Å²) in [5.74, 6) is 0.468. The van der Waals surface area contributed by atoms with Gasteiger partial charge in [0.05, 0.1) is 5.56 Å². The Kier molecular flexibility index (Phi) is 4.83. The van der Waals surface area contributed by atoms with Gasteiger partial charge in [0.25, 0.3) is 0 Å². The number of hydrogen-bond acceptors (Lipinski definition) is 1. The summed E-state index contributed by atoms with van der Waals surface area (Å²) in [4.78, 5) is 0. The second kappa shape index (κ2) is 6.43. The molecular formula is C16H15F3OS. The Balaban J connectivity index is 2.06. The minimum Gasteiger partial charge on any atom is -0.259 e. The van der Waals surface area contributed by atoms with Crippen LogP contribution in [0, 0.1) is 6.92 Å². The summed E-state index contributed by atoms with van der Waals surface area (Å²) in [6.45, 7) is 1.94. The fourth-order valence-corrected chi connectivity index (χ4v) is 3.27. The maximum absolute atomic E-state index is 12.6. The lowest BCUT2D eigenvalue weighted by molar-refractivity contribution is -0.137. The lowest BCUT2D eigenvalue weighted by atomic mass is 10.1. The second-order valence-corrected chi connectivity index (χ2v) is 6.37. The summed E-state index contributed by atoms with van der Waals surface area (Å²) < 4.78 is 49.9. The summed E-state index contributed by atoms with van der Waals surface area (Å²) in [5, 5.41) is 0. The van der Waals surface area contributed by atoms with Crippen LogP contribution in [0.5, 0.6) is 0 Å². The van der Waals surface area contributed by atoms with Crippen LogP contribution < -0.4 is 0 Å². The lowest BCUT2D eigenvalue weighted by Gasteiger charge is -2.09. The van der Waals surface area contributed by atoms with Crippen molar-refractivity contribution in [3.8, 4) is 0 Å². The molecular weight excluding hydrogens is 297 g/mol. The molecule has 2 aromatic rings. The van der Waals surface area contributed by atoms with Crippen molar-refractivity contribution in [2.45, 2.75) is 24.6 Å². The molecule has 0 amide bonds. The van der Waals surface area contributed by atoms with Crippen LogP contribution in [0.15, 0.2) is 48.5 Å². The van der Waals surface area contributed by atoms with Gasteiger partial charge in [0, 0.05) is 22.3 Å². The van der Waals surface area contributed by atoms with Crippen molar-refractivity contribution < 1.29 is 17.4 Å². The number of hydrogen-bond donors (Lipinski definition) is 0. The van der Waals surface area contributed by atoms with Crippen LogP contribution in [0.25, 0.3) is 0 Å². The Morgan fingerprint density at radius 3 is 2.10 bits per heavy atom. The molecule has 0 unspecified atom stereocenters. The molecule has 21 heavy (non-hydrogen) atoms. The number of halogens is 3. The molecule has 5 heteroatoms. The van der Waals surface area contributed by atoms with E-state index in [1.165, 1.54) is 6.07 Å². The number of benzene rings is 2. The van der Waals surface area contributed by atoms with Gasteiger partial charge in [-0.3, -0.25) is 4.21 Å². The first-order chi connectivity index (χ1) is 9.84. The van der Waals surface area contributed by atoms with Crippen molar-refractivity contribution in [2.75, 3.05) is 0 Å². The normalized spacial score (nSPS) is 13.1. The van der Waals surface area contributed by atoms with E-state index in [1.807, 2.05) is 31.2 Å². The predicted octanol–water partition coefficient (Wildman–Crippen LogP) is 4.46. The molecule has 0 heterocycles. The van der Waals surface area contributed by atoms with E-state index in [4.69, 9.17) is 0 Å². The molecule has 0 N–H and O–H groups in total. The number of alkyl halides is 3. The van der Waals surface area contributed by atoms with Crippen LogP contribution in [0.1, 0.15) is 22.3 Å². The third kappa shape index (κ3) is 4.70. The summed E-state index contributed by atoms with van der Waals surface area (Å²) in [7, 11) is -1.23. The Hall–Kier alpha value is -1.62. The zero-order valence-electron chi connectivity index (χ0n) is 11.5. The molecule has 0 aromatic heterocycles. The highest BCUT2D eigenvalue weighted by atomic mass is 32.2. The van der Waals surface area contributed by atoms with Gasteiger partial charge in [-0.15, -0.1) is 0 Å². The number of aryl methyl sites for hydroxylation is 1. The van der Waals surface area contributed by atoms with Gasteiger partial charge in [0.15, 0.2) is 0 Å². The fourth-order valence-electron chi connectivity index (χ4n) is 2.06. The van der Waals surface area contributed by atoms with Crippen molar-refractivity contribution in [3.63, 3.8) is 0 Å². The second-order valence-electron chi connectivity index (χ2n) is 4.92. The predicted molar refractivity (Wildman–Crippen MR) is 78.2 cm³/mol. The zero-order chi connectivity index (χ0) is 15.5. The maximum atomic E-state index is 12.6. The molecule has 0 aliphatic carbocycles. The average Bonchev–Trinajstić information content (AvgIpc) is 2.37. The minimum atomic E-state index is -4.37. The van der Waals surface area contributed by atoms with Crippen molar-refractivity contribution in [3.05, 3.63) is 70.8 Å². The maximum Gasteiger partial charge on any atom is 0.416 e. The molecule has 1 nitrogen and oxygen atoms in total. The van der Waals surface area contributed by atoms with E-state index in [0.29, 0.717) is 11.3 Å². The standard InChI is InChI=1S/C16H15F3OS/c1-12-4-2-5-13(8-12)10-21(20)11-14-6-3-7-15(9-14)16(17,18)19/h2-9H,10-11H2,1H3/t21-/m0/s1. The number of rotatable bonds is 4. The van der Waals surface area contributed by atoms with Gasteiger partial charge < -0.3 is 0 Å². The van der Waals surface area contributed by atoms with Crippen LogP contribution in [0.2, 0.25) is 0 Å². The lowest BCUT2D eigenvalue weighted by Crippen LogP contribution is -2.06. The van der Waals surface area contributed by atoms with Gasteiger partial charge in [-0.25, -0.2) is 0 Å². The monoisotopic (exact) mass is 312 g/mol. The highest BCUT2D eigenvalue weighted by Gasteiger charge is 2.30. The minimum absolute atomic E-state index is 0.123. The van der Waals surface area contributed by atoms with Crippen molar-refractivity contribution in [1.82, 2.24) is 0 Å². The molecule has 0 fully saturated rings. The fraction of sp³-hybridized carbons (Fsp3) is 0.250. The van der Waals surface area contributed by atoms with Crippen molar-refractivity contribution in [1.29, 1.82) is 0 Å². The SMILES string of the molecule is Cc1cccc(C[S@](=O)Cc2cccc(C(F)(F)F)c2)c1. The van der Waals surface area contributed by atoms with Gasteiger partial charge in [-0.1, -0.05) is 48.0 Å². The van der Waals surface area contributed by atoms with E-state index in [2.05, 4.69) is 0 Å². The van der Waals surface area contributed by atoms with E-state index in [0.717, 1.165) is 23.3 Å². The summed E-state index contributed by atoms with van der Waals surface area (Å²) in [6, 6.07) is 12.6. The average molecular weight is 312 g/mol. The van der Waals surface area contributed by atoms with Crippen LogP contribution in [0.4, 0.5) is 13.2 Å². The van der Waals surface area contributed by atoms with E-state index in [1.54, 1.807) is 6.07 Å². The Bertz CT molecular complexity index is 650. The van der Waals surface area contributed by atoms with Gasteiger partial charge in [0.1, 0.15) is 0 Å². The van der Waals surface area contributed by atoms with E-state index >= 15 is 0 Å². The molecule has 1 atom stereocenters. The molecule has 2 rings (SSSR count). The smallest absolute Gasteiger partial charge is 0.259 e. The van der Waals surface area contributed by atoms with Gasteiger partial charge >= 0.3 is 6.18 Å². The molecule has 0 aliphatic rings. The summed E-state index contributed by atoms with van der Waals surface area (Å²) >= 11 is 0. The van der Waals surface area contributed by atoms with Crippen LogP contribution in [0.3, 0.4) is 0 Å². The van der Waals surface area contributed by atoms with E-state index < -0.39 is 22.5 Å². The van der Waals surface area contributed by atoms with E-state index in [9.17, 15) is 17.4 Å². The Morgan fingerprint density at radius 1 is 0.952 bits per heavy atom. The topological polar surface area (TPSA) is 17.1 Å². The van der Waals surface area contributed by atoms with Gasteiger partial charge in [0.2, 0.25) is 0 Å². The molecule has 0 bridgehead atoms. The molecule has 0 radical (unpaired) electrons. The van der Waals surface area contributed by atoms with Crippen LogP contribution >= 0.6 is 0 Å².